The Hall–Kier alpha value is -1.14. The van der Waals surface area contributed by atoms with Crippen molar-refractivity contribution in [3.05, 3.63) is 0 Å². The van der Waals surface area contributed by atoms with Crippen LogP contribution in [0.3, 0.4) is 0 Å². The molecule has 0 heterocycles. The Morgan fingerprint density at radius 1 is 1.04 bits per heavy atom. The van der Waals surface area contributed by atoms with Crippen LogP contribution < -0.4 is 0 Å². The number of hydrogen-bond donors (Lipinski definition) is 1. The van der Waals surface area contributed by atoms with Crippen molar-refractivity contribution < 1.29 is 28.9 Å². The molecule has 1 saturated carbocycles. The smallest absolute Gasteiger partial charge is 0.309 e. The third-order valence-electron chi connectivity index (χ3n) is 4.03. The maximum Gasteiger partial charge on any atom is 0.309 e. The Bertz CT molecular complexity index is 368. The van der Waals surface area contributed by atoms with Crippen molar-refractivity contribution in [1.29, 1.82) is 0 Å². The van der Waals surface area contributed by atoms with E-state index in [1.807, 2.05) is 6.92 Å². The molecule has 0 bridgehead atoms. The summed E-state index contributed by atoms with van der Waals surface area (Å²) in [6.45, 7) is 8.32. The predicted octanol–water partition coefficient (Wildman–Crippen LogP) is 2.36. The maximum absolute atomic E-state index is 12.1. The number of ether oxygens (including phenoxy) is 3. The first-order valence-electron chi connectivity index (χ1n) is 8.46. The molecular weight excluding hydrogens is 300 g/mol. The van der Waals surface area contributed by atoms with Crippen LogP contribution in [0.25, 0.3) is 0 Å². The molecule has 23 heavy (non-hydrogen) atoms. The zero-order valence-electron chi connectivity index (χ0n) is 14.5. The van der Waals surface area contributed by atoms with Gasteiger partial charge in [-0.25, -0.2) is 0 Å². The lowest BCUT2D eigenvalue weighted by Crippen LogP contribution is -2.36. The van der Waals surface area contributed by atoms with Crippen LogP contribution in [0, 0.1) is 23.7 Å². The minimum Gasteiger partial charge on any atom is -0.481 e. The van der Waals surface area contributed by atoms with Gasteiger partial charge in [0.25, 0.3) is 0 Å². The molecule has 6 heteroatoms. The van der Waals surface area contributed by atoms with Crippen molar-refractivity contribution in [3.8, 4) is 0 Å². The summed E-state index contributed by atoms with van der Waals surface area (Å²) in [4.78, 5) is 23.4. The minimum atomic E-state index is -0.906. The van der Waals surface area contributed by atoms with Crippen LogP contribution in [0.15, 0.2) is 0 Å². The summed E-state index contributed by atoms with van der Waals surface area (Å²) < 4.78 is 15.9. The highest BCUT2D eigenvalue weighted by molar-refractivity contribution is 5.81. The molecule has 1 N–H and O–H groups in total. The van der Waals surface area contributed by atoms with E-state index in [1.54, 1.807) is 0 Å². The van der Waals surface area contributed by atoms with Crippen LogP contribution in [-0.2, 0) is 23.8 Å². The van der Waals surface area contributed by atoms with Crippen LogP contribution in [-0.4, -0.2) is 50.1 Å². The Labute approximate surface area is 138 Å². The summed E-state index contributed by atoms with van der Waals surface area (Å²) in [7, 11) is 0. The second kappa shape index (κ2) is 10.6. The second-order valence-corrected chi connectivity index (χ2v) is 6.72. The zero-order chi connectivity index (χ0) is 17.2. The number of carbonyl (C=O) groups excluding carboxylic acids is 1. The highest BCUT2D eigenvalue weighted by Crippen LogP contribution is 2.34. The molecule has 0 amide bonds. The number of rotatable bonds is 10. The fourth-order valence-corrected chi connectivity index (χ4v) is 2.78. The first kappa shape index (κ1) is 19.9. The van der Waals surface area contributed by atoms with E-state index in [9.17, 15) is 14.7 Å². The Balaban J connectivity index is 2.16. The van der Waals surface area contributed by atoms with E-state index >= 15 is 0 Å². The molecule has 0 aliphatic heterocycles. The summed E-state index contributed by atoms with van der Waals surface area (Å²) in [5.41, 5.74) is 0. The Kier molecular flexibility index (Phi) is 9.17. The monoisotopic (exact) mass is 330 g/mol. The molecule has 1 fully saturated rings. The zero-order valence-corrected chi connectivity index (χ0v) is 14.5. The molecule has 1 rings (SSSR count). The van der Waals surface area contributed by atoms with Crippen molar-refractivity contribution in [2.75, 3.05) is 33.0 Å². The lowest BCUT2D eigenvalue weighted by molar-refractivity contribution is -0.161. The van der Waals surface area contributed by atoms with Gasteiger partial charge in [-0.1, -0.05) is 20.8 Å². The molecule has 0 spiro atoms. The molecule has 1 aliphatic carbocycles. The van der Waals surface area contributed by atoms with Crippen LogP contribution in [0.5, 0.6) is 0 Å². The van der Waals surface area contributed by atoms with Crippen LogP contribution >= 0.6 is 0 Å². The fourth-order valence-electron chi connectivity index (χ4n) is 2.78. The topological polar surface area (TPSA) is 82.1 Å². The molecule has 0 saturated heterocycles. The molecule has 134 valence electrons. The highest BCUT2D eigenvalue weighted by Gasteiger charge is 2.39. The van der Waals surface area contributed by atoms with Gasteiger partial charge >= 0.3 is 11.9 Å². The number of hydrogen-bond acceptors (Lipinski definition) is 5. The molecule has 0 aromatic carbocycles. The standard InChI is InChI=1S/C17H30O6/c1-12(2)11-22-7-6-21-8-9-23-17(20)14-5-4-13(3)10-15(14)16(18)19/h12-15H,4-11H2,1-3H3,(H,18,19). The third-order valence-corrected chi connectivity index (χ3v) is 4.03. The first-order valence-corrected chi connectivity index (χ1v) is 8.46. The molecule has 6 nitrogen and oxygen atoms in total. The molecule has 1 aliphatic rings. The van der Waals surface area contributed by atoms with Gasteiger partial charge in [0.05, 0.1) is 31.7 Å². The van der Waals surface area contributed by atoms with E-state index in [2.05, 4.69) is 13.8 Å². The number of esters is 1. The lowest BCUT2D eigenvalue weighted by atomic mass is 9.74. The number of carboxylic acid groups (broad SMARTS) is 1. The van der Waals surface area contributed by atoms with E-state index in [1.165, 1.54) is 0 Å². The normalized spacial score (nSPS) is 24.6. The Morgan fingerprint density at radius 2 is 1.70 bits per heavy atom. The largest absolute Gasteiger partial charge is 0.481 e. The van der Waals surface area contributed by atoms with Crippen LogP contribution in [0.1, 0.15) is 40.0 Å². The van der Waals surface area contributed by atoms with E-state index in [0.29, 0.717) is 51.1 Å². The first-order chi connectivity index (χ1) is 10.9. The number of carboxylic acids is 1. The summed E-state index contributed by atoms with van der Waals surface area (Å²) in [5.74, 6) is -1.64. The molecule has 0 aromatic heterocycles. The van der Waals surface area contributed by atoms with Crippen molar-refractivity contribution in [1.82, 2.24) is 0 Å². The van der Waals surface area contributed by atoms with E-state index < -0.39 is 23.8 Å². The Morgan fingerprint density at radius 3 is 2.35 bits per heavy atom. The van der Waals surface area contributed by atoms with Crippen LogP contribution in [0.4, 0.5) is 0 Å². The van der Waals surface area contributed by atoms with Gasteiger partial charge in [-0.2, -0.15) is 0 Å². The van der Waals surface area contributed by atoms with Gasteiger partial charge in [-0.15, -0.1) is 0 Å². The average Bonchev–Trinajstić information content (AvgIpc) is 2.49. The quantitative estimate of drug-likeness (QED) is 0.489. The molecule has 0 radical (unpaired) electrons. The summed E-state index contributed by atoms with van der Waals surface area (Å²) in [5, 5.41) is 9.26. The average molecular weight is 330 g/mol. The third kappa shape index (κ3) is 7.79. The van der Waals surface area contributed by atoms with E-state index in [0.717, 1.165) is 6.42 Å². The molecule has 3 atom stereocenters. The summed E-state index contributed by atoms with van der Waals surface area (Å²) in [6, 6.07) is 0. The van der Waals surface area contributed by atoms with Gasteiger partial charge in [0.1, 0.15) is 6.61 Å². The molecular formula is C17H30O6. The van der Waals surface area contributed by atoms with Crippen molar-refractivity contribution >= 4 is 11.9 Å². The maximum atomic E-state index is 12.1. The number of carbonyl (C=O) groups is 2. The minimum absolute atomic E-state index is 0.154. The number of aliphatic carboxylic acids is 1. The van der Waals surface area contributed by atoms with Gasteiger partial charge in [-0.05, 0) is 31.1 Å². The van der Waals surface area contributed by atoms with E-state index in [-0.39, 0.29) is 6.61 Å². The van der Waals surface area contributed by atoms with Gasteiger partial charge < -0.3 is 19.3 Å². The summed E-state index contributed by atoms with van der Waals surface area (Å²) in [6.07, 6.45) is 1.99. The van der Waals surface area contributed by atoms with Crippen molar-refractivity contribution in [3.63, 3.8) is 0 Å². The summed E-state index contributed by atoms with van der Waals surface area (Å²) >= 11 is 0. The van der Waals surface area contributed by atoms with Gasteiger partial charge in [-0.3, -0.25) is 9.59 Å². The SMILES string of the molecule is CC(C)COCCOCCOC(=O)C1CCC(C)CC1C(=O)O. The predicted molar refractivity (Wildman–Crippen MR) is 85.1 cm³/mol. The van der Waals surface area contributed by atoms with Gasteiger partial charge in [0, 0.05) is 6.61 Å². The van der Waals surface area contributed by atoms with Crippen molar-refractivity contribution in [2.24, 2.45) is 23.7 Å². The van der Waals surface area contributed by atoms with Crippen molar-refractivity contribution in [2.45, 2.75) is 40.0 Å². The fraction of sp³-hybridized carbons (Fsp3) is 0.882. The molecule has 3 unspecified atom stereocenters. The van der Waals surface area contributed by atoms with Crippen LogP contribution in [0.2, 0.25) is 0 Å². The lowest BCUT2D eigenvalue weighted by Gasteiger charge is -2.30. The highest BCUT2D eigenvalue weighted by atomic mass is 16.6. The van der Waals surface area contributed by atoms with E-state index in [4.69, 9.17) is 14.2 Å². The molecule has 0 aromatic rings. The van der Waals surface area contributed by atoms with Gasteiger partial charge in [0.2, 0.25) is 0 Å². The van der Waals surface area contributed by atoms with Gasteiger partial charge in [0.15, 0.2) is 0 Å². The second-order valence-electron chi connectivity index (χ2n) is 6.72.